The number of carbonyl (C=O) groups is 1. The molecular formula is C28H31FN6O3. The topological polar surface area (TPSA) is 84.8 Å². The van der Waals surface area contributed by atoms with Gasteiger partial charge in [0.15, 0.2) is 0 Å². The second-order valence-electron chi connectivity index (χ2n) is 9.78. The summed E-state index contributed by atoms with van der Waals surface area (Å²) in [5.74, 6) is 1.27. The van der Waals surface area contributed by atoms with Crippen molar-refractivity contribution in [2.24, 2.45) is 7.05 Å². The standard InChI is InChI=1S/C28H31FN6O3/c1-18-17-37-23(15-33(2)3)16-35(18)27(36)25-14-22(11-12-30-25)38-21-9-10-26-24(13-21)32-28(34(26)4)31-20-7-5-19(29)6-8-20/h5-14,18,23H,15-17H2,1-4H3,(H,31,32)/t18-,23?/m0/s1. The molecule has 0 bridgehead atoms. The maximum Gasteiger partial charge on any atom is 0.272 e. The molecule has 1 fully saturated rings. The van der Waals surface area contributed by atoms with E-state index in [4.69, 9.17) is 9.47 Å². The van der Waals surface area contributed by atoms with Crippen LogP contribution in [-0.4, -0.2) is 76.2 Å². The molecule has 3 heterocycles. The van der Waals surface area contributed by atoms with Crippen molar-refractivity contribution in [3.8, 4) is 11.5 Å². The fourth-order valence-electron chi connectivity index (χ4n) is 4.51. The van der Waals surface area contributed by atoms with Crippen LogP contribution in [0.4, 0.5) is 16.0 Å². The highest BCUT2D eigenvalue weighted by Crippen LogP contribution is 2.28. The minimum absolute atomic E-state index is 0.0443. The Labute approximate surface area is 220 Å². The van der Waals surface area contributed by atoms with Gasteiger partial charge in [-0.3, -0.25) is 9.78 Å². The molecule has 1 aliphatic rings. The van der Waals surface area contributed by atoms with Crippen LogP contribution in [0.2, 0.25) is 0 Å². The van der Waals surface area contributed by atoms with E-state index in [9.17, 15) is 9.18 Å². The van der Waals surface area contributed by atoms with E-state index in [1.807, 2.05) is 55.7 Å². The summed E-state index contributed by atoms with van der Waals surface area (Å²) in [5, 5.41) is 3.21. The number of hydrogen-bond donors (Lipinski definition) is 1. The molecule has 0 aliphatic carbocycles. The van der Waals surface area contributed by atoms with E-state index in [1.54, 1.807) is 30.5 Å². The van der Waals surface area contributed by atoms with Crippen molar-refractivity contribution in [1.29, 1.82) is 0 Å². The largest absolute Gasteiger partial charge is 0.457 e. The predicted molar refractivity (Wildman–Crippen MR) is 144 cm³/mol. The quantitative estimate of drug-likeness (QED) is 0.387. The number of nitrogens with zero attached hydrogens (tertiary/aromatic N) is 5. The SMILES string of the molecule is C[C@H]1COC(CN(C)C)CN1C(=O)c1cc(Oc2ccc3c(c2)nc(Nc2ccc(F)cc2)n3C)ccn1. The second kappa shape index (κ2) is 10.8. The summed E-state index contributed by atoms with van der Waals surface area (Å²) in [6, 6.07) is 15.1. The molecule has 0 spiro atoms. The van der Waals surface area contributed by atoms with Gasteiger partial charge in [0.05, 0.1) is 29.8 Å². The predicted octanol–water partition coefficient (Wildman–Crippen LogP) is 4.43. The number of pyridine rings is 1. The summed E-state index contributed by atoms with van der Waals surface area (Å²) in [4.78, 5) is 26.2. The molecule has 1 amide bonds. The van der Waals surface area contributed by atoms with Gasteiger partial charge in [0.25, 0.3) is 5.91 Å². The smallest absolute Gasteiger partial charge is 0.272 e. The van der Waals surface area contributed by atoms with Crippen molar-refractivity contribution in [3.63, 3.8) is 0 Å². The van der Waals surface area contributed by atoms with Gasteiger partial charge in [-0.15, -0.1) is 0 Å². The second-order valence-corrected chi connectivity index (χ2v) is 9.78. The average molecular weight is 519 g/mol. The van der Waals surface area contributed by atoms with Gasteiger partial charge in [-0.05, 0) is 63.5 Å². The van der Waals surface area contributed by atoms with E-state index in [0.717, 1.165) is 23.3 Å². The molecule has 5 rings (SSSR count). The summed E-state index contributed by atoms with van der Waals surface area (Å²) < 4.78 is 27.1. The molecule has 0 saturated carbocycles. The molecule has 10 heteroatoms. The third kappa shape index (κ3) is 5.61. The van der Waals surface area contributed by atoms with Crippen LogP contribution >= 0.6 is 0 Å². The van der Waals surface area contributed by atoms with Gasteiger partial charge < -0.3 is 29.2 Å². The highest BCUT2D eigenvalue weighted by molar-refractivity contribution is 5.93. The van der Waals surface area contributed by atoms with Gasteiger partial charge >= 0.3 is 0 Å². The Bertz CT molecular complexity index is 1440. The van der Waals surface area contributed by atoms with Crippen LogP contribution in [0.25, 0.3) is 11.0 Å². The zero-order valence-corrected chi connectivity index (χ0v) is 21.9. The number of anilines is 2. The Morgan fingerprint density at radius 2 is 1.92 bits per heavy atom. The summed E-state index contributed by atoms with van der Waals surface area (Å²) in [6.07, 6.45) is 1.53. The molecule has 9 nitrogen and oxygen atoms in total. The maximum atomic E-state index is 13.3. The van der Waals surface area contributed by atoms with Crippen molar-refractivity contribution in [1.82, 2.24) is 24.3 Å². The maximum absolute atomic E-state index is 13.3. The van der Waals surface area contributed by atoms with Crippen molar-refractivity contribution in [2.45, 2.75) is 19.1 Å². The lowest BCUT2D eigenvalue weighted by molar-refractivity contribution is -0.0548. The molecule has 2 atom stereocenters. The number of ether oxygens (including phenoxy) is 2. The number of aromatic nitrogens is 3. The lowest BCUT2D eigenvalue weighted by Gasteiger charge is -2.38. The number of morpholine rings is 1. The number of amides is 1. The van der Waals surface area contributed by atoms with E-state index in [1.165, 1.54) is 12.1 Å². The molecule has 1 unspecified atom stereocenters. The Hall–Kier alpha value is -4.02. The summed E-state index contributed by atoms with van der Waals surface area (Å²) >= 11 is 0. The number of imidazole rings is 1. The van der Waals surface area contributed by atoms with Crippen LogP contribution < -0.4 is 10.1 Å². The number of benzene rings is 2. The van der Waals surface area contributed by atoms with Crippen LogP contribution in [0.5, 0.6) is 11.5 Å². The molecule has 2 aromatic heterocycles. The van der Waals surface area contributed by atoms with Crippen molar-refractivity contribution in [2.75, 3.05) is 39.1 Å². The van der Waals surface area contributed by atoms with Crippen molar-refractivity contribution < 1.29 is 18.7 Å². The summed E-state index contributed by atoms with van der Waals surface area (Å²) in [5.41, 5.74) is 2.69. The number of halogens is 1. The van der Waals surface area contributed by atoms with E-state index >= 15 is 0 Å². The number of hydrogen-bond acceptors (Lipinski definition) is 7. The number of rotatable bonds is 7. The van der Waals surface area contributed by atoms with Gasteiger partial charge in [-0.25, -0.2) is 9.37 Å². The van der Waals surface area contributed by atoms with Gasteiger partial charge in [-0.1, -0.05) is 0 Å². The molecule has 2 aromatic carbocycles. The lowest BCUT2D eigenvalue weighted by Crippen LogP contribution is -2.53. The third-order valence-electron chi connectivity index (χ3n) is 6.47. The Morgan fingerprint density at radius 1 is 1.16 bits per heavy atom. The molecule has 1 N–H and O–H groups in total. The molecule has 4 aromatic rings. The first-order chi connectivity index (χ1) is 18.3. The van der Waals surface area contributed by atoms with Crippen LogP contribution in [0.1, 0.15) is 17.4 Å². The summed E-state index contributed by atoms with van der Waals surface area (Å²) in [6.45, 7) is 3.72. The fourth-order valence-corrected chi connectivity index (χ4v) is 4.51. The first-order valence-corrected chi connectivity index (χ1v) is 12.5. The molecule has 198 valence electrons. The first-order valence-electron chi connectivity index (χ1n) is 12.5. The summed E-state index contributed by atoms with van der Waals surface area (Å²) in [7, 11) is 5.88. The molecular weight excluding hydrogens is 487 g/mol. The first kappa shape index (κ1) is 25.6. The van der Waals surface area contributed by atoms with Crippen LogP contribution in [0, 0.1) is 5.82 Å². The van der Waals surface area contributed by atoms with Gasteiger partial charge in [0, 0.05) is 44.2 Å². The van der Waals surface area contributed by atoms with Crippen LogP contribution in [-0.2, 0) is 11.8 Å². The van der Waals surface area contributed by atoms with Crippen LogP contribution in [0.3, 0.4) is 0 Å². The van der Waals surface area contributed by atoms with Gasteiger partial charge in [0.2, 0.25) is 5.95 Å². The number of aryl methyl sites for hydroxylation is 1. The normalized spacial score (nSPS) is 17.7. The van der Waals surface area contributed by atoms with Crippen molar-refractivity contribution in [3.05, 3.63) is 72.3 Å². The number of carbonyl (C=O) groups excluding carboxylic acids is 1. The minimum Gasteiger partial charge on any atom is -0.457 e. The van der Waals surface area contributed by atoms with E-state index in [-0.39, 0.29) is 23.9 Å². The minimum atomic E-state index is -0.295. The molecule has 0 radical (unpaired) electrons. The number of likely N-dealkylation sites (N-methyl/N-ethyl adjacent to an activating group) is 1. The molecule has 1 saturated heterocycles. The van der Waals surface area contributed by atoms with Crippen LogP contribution in [0.15, 0.2) is 60.8 Å². The number of fused-ring (bicyclic) bond motifs is 1. The average Bonchev–Trinajstić information content (AvgIpc) is 3.20. The van der Waals surface area contributed by atoms with Crippen molar-refractivity contribution >= 4 is 28.6 Å². The highest BCUT2D eigenvalue weighted by atomic mass is 19.1. The zero-order valence-electron chi connectivity index (χ0n) is 21.9. The molecule has 1 aliphatic heterocycles. The van der Waals surface area contributed by atoms with Gasteiger partial charge in [0.1, 0.15) is 23.0 Å². The zero-order chi connectivity index (χ0) is 26.8. The van der Waals surface area contributed by atoms with Gasteiger partial charge in [-0.2, -0.15) is 0 Å². The van der Waals surface area contributed by atoms with E-state index in [0.29, 0.717) is 36.3 Å². The lowest BCUT2D eigenvalue weighted by atomic mass is 10.1. The Balaban J connectivity index is 1.32. The fraction of sp³-hybridized carbons (Fsp3) is 0.321. The molecule has 38 heavy (non-hydrogen) atoms. The third-order valence-corrected chi connectivity index (χ3v) is 6.47. The van der Waals surface area contributed by atoms with E-state index < -0.39 is 0 Å². The Morgan fingerprint density at radius 3 is 2.68 bits per heavy atom. The highest BCUT2D eigenvalue weighted by Gasteiger charge is 2.31. The number of nitrogens with one attached hydrogen (secondary N) is 1. The van der Waals surface area contributed by atoms with E-state index in [2.05, 4.69) is 20.2 Å². The monoisotopic (exact) mass is 518 g/mol. The Kier molecular flexibility index (Phi) is 7.26.